The van der Waals surface area contributed by atoms with Crippen LogP contribution < -0.4 is 5.32 Å². The monoisotopic (exact) mass is 404 g/mol. The van der Waals surface area contributed by atoms with Crippen molar-refractivity contribution in [2.45, 2.75) is 38.2 Å². The summed E-state index contributed by atoms with van der Waals surface area (Å²) in [5.74, 6) is -0.573. The molecule has 1 aliphatic heterocycles. The fourth-order valence-electron chi connectivity index (χ4n) is 3.35. The molecule has 7 heteroatoms. The lowest BCUT2D eigenvalue weighted by Gasteiger charge is -2.24. The van der Waals surface area contributed by atoms with Crippen LogP contribution in [0.2, 0.25) is 5.02 Å². The summed E-state index contributed by atoms with van der Waals surface area (Å²) in [6, 6.07) is 13.1. The Morgan fingerprint density at radius 1 is 1.14 bits per heavy atom. The highest BCUT2D eigenvalue weighted by atomic mass is 35.5. The molecular weight excluding hydrogens is 383 g/mol. The van der Waals surface area contributed by atoms with Gasteiger partial charge in [-0.1, -0.05) is 48.0 Å². The van der Waals surface area contributed by atoms with Crippen molar-refractivity contribution < 1.29 is 19.1 Å². The van der Waals surface area contributed by atoms with Gasteiger partial charge in [0, 0.05) is 24.5 Å². The second kappa shape index (κ2) is 9.17. The number of benzene rings is 2. The largest absolute Gasteiger partial charge is 0.391 e. The number of hydrogen-bond donors (Lipinski definition) is 2. The van der Waals surface area contributed by atoms with E-state index in [2.05, 4.69) is 5.32 Å². The van der Waals surface area contributed by atoms with E-state index in [1.54, 1.807) is 36.4 Å². The fourth-order valence-corrected chi connectivity index (χ4v) is 3.47. The Hall–Kier alpha value is -2.44. The maximum absolute atomic E-state index is 12.8. The van der Waals surface area contributed by atoms with E-state index in [0.29, 0.717) is 22.7 Å². The topological polar surface area (TPSA) is 69.6 Å². The number of likely N-dealkylation sites (tertiary alicyclic amines) is 1. The van der Waals surface area contributed by atoms with Gasteiger partial charge in [-0.15, -0.1) is 0 Å². The zero-order valence-corrected chi connectivity index (χ0v) is 16.0. The lowest BCUT2D eigenvalue weighted by Crippen LogP contribution is -2.46. The molecule has 0 saturated carbocycles. The van der Waals surface area contributed by atoms with Gasteiger partial charge in [0.2, 0.25) is 11.8 Å². The van der Waals surface area contributed by atoms with E-state index >= 15 is 0 Å². The van der Waals surface area contributed by atoms with E-state index in [-0.39, 0.29) is 31.2 Å². The standard InChI is InChI=1S/C21H22ClFN2O3/c22-17-6-4-14(5-7-17)12-24-21(28)19-10-18(26)13-25(19)20(27)9-15-2-1-3-16(8-15)11-23/h1-8,18-19,26H,9-13H2,(H,24,28)/t18-,19+/m1/s1. The lowest BCUT2D eigenvalue weighted by atomic mass is 10.1. The summed E-state index contributed by atoms with van der Waals surface area (Å²) in [5, 5.41) is 13.4. The molecule has 5 nitrogen and oxygen atoms in total. The van der Waals surface area contributed by atoms with Gasteiger partial charge < -0.3 is 15.3 Å². The average Bonchev–Trinajstić information content (AvgIpc) is 3.09. The Morgan fingerprint density at radius 3 is 2.57 bits per heavy atom. The zero-order chi connectivity index (χ0) is 20.1. The molecule has 2 aromatic rings. The number of aliphatic hydroxyl groups is 1. The van der Waals surface area contributed by atoms with Crippen molar-refractivity contribution in [3.63, 3.8) is 0 Å². The Balaban J connectivity index is 1.63. The second-order valence-electron chi connectivity index (χ2n) is 6.93. The number of rotatable bonds is 6. The summed E-state index contributed by atoms with van der Waals surface area (Å²) in [6.45, 7) is -0.177. The van der Waals surface area contributed by atoms with Crippen LogP contribution in [0.25, 0.3) is 0 Å². The number of nitrogens with one attached hydrogen (secondary N) is 1. The van der Waals surface area contributed by atoms with Gasteiger partial charge in [0.25, 0.3) is 0 Å². The predicted octanol–water partition coefficient (Wildman–Crippen LogP) is 2.63. The third-order valence-corrected chi connectivity index (χ3v) is 5.04. The third kappa shape index (κ3) is 5.09. The maximum atomic E-state index is 12.8. The van der Waals surface area contributed by atoms with Gasteiger partial charge in [-0.2, -0.15) is 0 Å². The van der Waals surface area contributed by atoms with Crippen LogP contribution in [0.1, 0.15) is 23.1 Å². The Kier molecular flexibility index (Phi) is 6.65. The number of carbonyl (C=O) groups excluding carboxylic acids is 2. The van der Waals surface area contributed by atoms with Gasteiger partial charge in [0.05, 0.1) is 12.5 Å². The van der Waals surface area contributed by atoms with Crippen molar-refractivity contribution in [1.82, 2.24) is 10.2 Å². The van der Waals surface area contributed by atoms with E-state index in [0.717, 1.165) is 5.56 Å². The Bertz CT molecular complexity index is 844. The molecule has 2 atom stereocenters. The zero-order valence-electron chi connectivity index (χ0n) is 15.3. The van der Waals surface area contributed by atoms with Gasteiger partial charge in [-0.25, -0.2) is 4.39 Å². The minimum atomic E-state index is -0.743. The number of hydrogen-bond acceptors (Lipinski definition) is 3. The third-order valence-electron chi connectivity index (χ3n) is 4.78. The summed E-state index contributed by atoms with van der Waals surface area (Å²) in [7, 11) is 0. The van der Waals surface area contributed by atoms with Gasteiger partial charge in [0.15, 0.2) is 0 Å². The maximum Gasteiger partial charge on any atom is 0.243 e. The minimum absolute atomic E-state index is 0.0571. The van der Waals surface area contributed by atoms with Crippen LogP contribution in [0.4, 0.5) is 4.39 Å². The molecule has 28 heavy (non-hydrogen) atoms. The minimum Gasteiger partial charge on any atom is -0.391 e. The molecule has 148 valence electrons. The molecule has 0 unspecified atom stereocenters. The predicted molar refractivity (Wildman–Crippen MR) is 104 cm³/mol. The molecule has 2 amide bonds. The van der Waals surface area contributed by atoms with Crippen LogP contribution in [-0.4, -0.2) is 40.5 Å². The second-order valence-corrected chi connectivity index (χ2v) is 7.36. The van der Waals surface area contributed by atoms with Gasteiger partial charge in [0.1, 0.15) is 12.7 Å². The summed E-state index contributed by atoms with van der Waals surface area (Å²) >= 11 is 5.85. The van der Waals surface area contributed by atoms with E-state index < -0.39 is 18.8 Å². The number of carbonyl (C=O) groups is 2. The number of nitrogens with zero attached hydrogens (tertiary/aromatic N) is 1. The summed E-state index contributed by atoms with van der Waals surface area (Å²) in [4.78, 5) is 26.7. The molecule has 1 fully saturated rings. The number of alkyl halides is 1. The summed E-state index contributed by atoms with van der Waals surface area (Å²) in [6.07, 6.45) is -0.489. The first kappa shape index (κ1) is 20.3. The van der Waals surface area contributed by atoms with E-state index in [4.69, 9.17) is 11.6 Å². The SMILES string of the molecule is O=C(NCc1ccc(Cl)cc1)[C@@H]1C[C@@H](O)CN1C(=O)Cc1cccc(CF)c1. The van der Waals surface area contributed by atoms with Crippen LogP contribution in [0.3, 0.4) is 0 Å². The molecule has 1 heterocycles. The highest BCUT2D eigenvalue weighted by molar-refractivity contribution is 6.30. The molecular formula is C21H22ClFN2O3. The molecule has 0 bridgehead atoms. The number of halogens is 2. The quantitative estimate of drug-likeness (QED) is 0.777. The normalized spacial score (nSPS) is 18.9. The molecule has 0 aliphatic carbocycles. The number of β-amino-alcohol motifs (C(OH)–C–C–N with tert-alkyl or cyclic N) is 1. The van der Waals surface area contributed by atoms with Crippen molar-refractivity contribution in [1.29, 1.82) is 0 Å². The van der Waals surface area contributed by atoms with Gasteiger partial charge >= 0.3 is 0 Å². The van der Waals surface area contributed by atoms with Crippen LogP contribution >= 0.6 is 11.6 Å². The van der Waals surface area contributed by atoms with E-state index in [1.807, 2.05) is 12.1 Å². The summed E-state index contributed by atoms with van der Waals surface area (Å²) in [5.41, 5.74) is 2.07. The first-order chi connectivity index (χ1) is 13.5. The number of amides is 2. The molecule has 0 radical (unpaired) electrons. The van der Waals surface area contributed by atoms with Crippen LogP contribution in [0, 0.1) is 0 Å². The molecule has 0 aromatic heterocycles. The highest BCUT2D eigenvalue weighted by Gasteiger charge is 2.38. The van der Waals surface area contributed by atoms with Crippen molar-refractivity contribution in [3.8, 4) is 0 Å². The van der Waals surface area contributed by atoms with Crippen molar-refractivity contribution in [3.05, 3.63) is 70.2 Å². The molecule has 3 rings (SSSR count). The fraction of sp³-hybridized carbons (Fsp3) is 0.333. The lowest BCUT2D eigenvalue weighted by molar-refractivity contribution is -0.138. The van der Waals surface area contributed by atoms with Crippen molar-refractivity contribution >= 4 is 23.4 Å². The molecule has 2 N–H and O–H groups in total. The highest BCUT2D eigenvalue weighted by Crippen LogP contribution is 2.20. The van der Waals surface area contributed by atoms with Crippen molar-refractivity contribution in [2.24, 2.45) is 0 Å². The van der Waals surface area contributed by atoms with Gasteiger partial charge in [-0.3, -0.25) is 9.59 Å². The molecule has 2 aromatic carbocycles. The Labute approximate surface area is 168 Å². The van der Waals surface area contributed by atoms with Crippen molar-refractivity contribution in [2.75, 3.05) is 6.54 Å². The molecule has 1 saturated heterocycles. The van der Waals surface area contributed by atoms with E-state index in [1.165, 1.54) is 4.90 Å². The molecule has 1 aliphatic rings. The van der Waals surface area contributed by atoms with E-state index in [9.17, 15) is 19.1 Å². The Morgan fingerprint density at radius 2 is 1.86 bits per heavy atom. The number of aliphatic hydroxyl groups excluding tert-OH is 1. The van der Waals surface area contributed by atoms with Gasteiger partial charge in [-0.05, 0) is 28.8 Å². The van der Waals surface area contributed by atoms with Crippen LogP contribution in [-0.2, 0) is 29.2 Å². The first-order valence-electron chi connectivity index (χ1n) is 9.09. The van der Waals surface area contributed by atoms with Crippen LogP contribution in [0.5, 0.6) is 0 Å². The molecule has 0 spiro atoms. The first-order valence-corrected chi connectivity index (χ1v) is 9.47. The van der Waals surface area contributed by atoms with Crippen LogP contribution in [0.15, 0.2) is 48.5 Å². The smallest absolute Gasteiger partial charge is 0.243 e. The average molecular weight is 405 g/mol. The summed E-state index contributed by atoms with van der Waals surface area (Å²) < 4.78 is 12.8.